The maximum absolute atomic E-state index is 12.9. The predicted molar refractivity (Wildman–Crippen MR) is 91.8 cm³/mol. The van der Waals surface area contributed by atoms with Gasteiger partial charge in [0.25, 0.3) is 5.91 Å². The summed E-state index contributed by atoms with van der Waals surface area (Å²) in [6.45, 7) is 4.84. The lowest BCUT2D eigenvalue weighted by molar-refractivity contribution is 0.0702. The molecule has 0 spiro atoms. The first-order chi connectivity index (χ1) is 11.4. The molecule has 1 fully saturated rings. The van der Waals surface area contributed by atoms with Crippen LogP contribution in [0.5, 0.6) is 0 Å². The van der Waals surface area contributed by atoms with Crippen LogP contribution in [0.2, 0.25) is 0 Å². The molecule has 1 aliphatic heterocycles. The van der Waals surface area contributed by atoms with E-state index in [0.29, 0.717) is 11.4 Å². The van der Waals surface area contributed by atoms with Gasteiger partial charge in [-0.3, -0.25) is 9.48 Å². The second-order valence-corrected chi connectivity index (χ2v) is 9.07. The number of thiazole rings is 1. The molecule has 0 radical (unpaired) electrons. The standard InChI is InChI=1S/C15H20N4O3S2/c1-3-14-16-8-13(23-14)15(20)19-5-6-24(21,22)10-12(19)11-7-17-18(4-2)9-11/h7-9,12H,3-6,10H2,1-2H3. The Morgan fingerprint density at radius 1 is 1.38 bits per heavy atom. The lowest BCUT2D eigenvalue weighted by Gasteiger charge is -2.34. The van der Waals surface area contributed by atoms with Crippen molar-refractivity contribution in [3.05, 3.63) is 34.0 Å². The van der Waals surface area contributed by atoms with E-state index in [2.05, 4.69) is 10.1 Å². The van der Waals surface area contributed by atoms with Crippen molar-refractivity contribution < 1.29 is 13.2 Å². The lowest BCUT2D eigenvalue weighted by atomic mass is 10.1. The summed E-state index contributed by atoms with van der Waals surface area (Å²) in [6, 6.07) is -0.497. The average Bonchev–Trinajstić information content (AvgIpc) is 3.22. The fourth-order valence-electron chi connectivity index (χ4n) is 2.77. The molecule has 0 bridgehead atoms. The first-order valence-electron chi connectivity index (χ1n) is 7.92. The molecule has 7 nitrogen and oxygen atoms in total. The van der Waals surface area contributed by atoms with E-state index in [0.717, 1.165) is 17.0 Å². The summed E-state index contributed by atoms with van der Waals surface area (Å²) in [5.74, 6) is -0.221. The predicted octanol–water partition coefficient (Wildman–Crippen LogP) is 1.53. The van der Waals surface area contributed by atoms with E-state index in [-0.39, 0.29) is 24.0 Å². The SMILES string of the molecule is CCc1ncc(C(=O)N2CCS(=O)(=O)CC2c2cnn(CC)c2)s1. The van der Waals surface area contributed by atoms with Gasteiger partial charge in [-0.2, -0.15) is 5.10 Å². The first-order valence-corrected chi connectivity index (χ1v) is 10.6. The Hall–Kier alpha value is -1.74. The minimum atomic E-state index is -3.17. The number of nitrogens with zero attached hydrogens (tertiary/aromatic N) is 4. The molecule has 2 aromatic rings. The number of hydrogen-bond acceptors (Lipinski definition) is 6. The van der Waals surface area contributed by atoms with Gasteiger partial charge in [0.1, 0.15) is 4.88 Å². The Bertz CT molecular complexity index is 841. The average molecular weight is 368 g/mol. The Morgan fingerprint density at radius 2 is 2.17 bits per heavy atom. The van der Waals surface area contributed by atoms with Crippen molar-refractivity contribution in [2.45, 2.75) is 32.9 Å². The highest BCUT2D eigenvalue weighted by atomic mass is 32.2. The molecule has 1 atom stereocenters. The molecule has 1 saturated heterocycles. The highest BCUT2D eigenvalue weighted by molar-refractivity contribution is 7.91. The number of rotatable bonds is 4. The van der Waals surface area contributed by atoms with Crippen molar-refractivity contribution in [1.29, 1.82) is 0 Å². The van der Waals surface area contributed by atoms with Crippen LogP contribution in [-0.2, 0) is 22.8 Å². The van der Waals surface area contributed by atoms with E-state index in [9.17, 15) is 13.2 Å². The number of carbonyl (C=O) groups excluding carboxylic acids is 1. The van der Waals surface area contributed by atoms with Crippen LogP contribution in [0, 0.1) is 0 Å². The van der Waals surface area contributed by atoms with E-state index in [4.69, 9.17) is 0 Å². The number of amides is 1. The maximum Gasteiger partial charge on any atom is 0.266 e. The van der Waals surface area contributed by atoms with Crippen LogP contribution in [-0.4, -0.2) is 52.0 Å². The van der Waals surface area contributed by atoms with Crippen LogP contribution >= 0.6 is 11.3 Å². The Kier molecular flexibility index (Phi) is 4.73. The van der Waals surface area contributed by atoms with Gasteiger partial charge in [-0.15, -0.1) is 11.3 Å². The Morgan fingerprint density at radius 3 is 2.79 bits per heavy atom. The van der Waals surface area contributed by atoms with Crippen molar-refractivity contribution >= 4 is 27.1 Å². The minimum absolute atomic E-state index is 0.00338. The van der Waals surface area contributed by atoms with E-state index in [1.165, 1.54) is 11.3 Å². The molecule has 2 aromatic heterocycles. The molecule has 9 heteroatoms. The Balaban J connectivity index is 1.92. The van der Waals surface area contributed by atoms with Gasteiger partial charge in [0, 0.05) is 24.8 Å². The molecule has 0 aromatic carbocycles. The zero-order chi connectivity index (χ0) is 17.3. The number of aryl methyl sites for hydroxylation is 2. The second-order valence-electron chi connectivity index (χ2n) is 5.73. The normalized spacial score (nSPS) is 20.2. The van der Waals surface area contributed by atoms with E-state index < -0.39 is 15.9 Å². The summed E-state index contributed by atoms with van der Waals surface area (Å²) in [5.41, 5.74) is 0.758. The summed E-state index contributed by atoms with van der Waals surface area (Å²) >= 11 is 1.37. The van der Waals surface area contributed by atoms with Crippen LogP contribution in [0.4, 0.5) is 0 Å². The van der Waals surface area contributed by atoms with E-state index in [1.807, 2.05) is 20.0 Å². The third-order valence-corrected chi connectivity index (χ3v) is 6.88. The number of hydrogen-bond donors (Lipinski definition) is 0. The largest absolute Gasteiger partial charge is 0.329 e. The van der Waals surface area contributed by atoms with Gasteiger partial charge in [0.15, 0.2) is 9.84 Å². The molecular formula is C15H20N4O3S2. The zero-order valence-electron chi connectivity index (χ0n) is 13.7. The van der Waals surface area contributed by atoms with Crippen molar-refractivity contribution in [3.8, 4) is 0 Å². The molecule has 0 saturated carbocycles. The fourth-order valence-corrected chi connectivity index (χ4v) is 5.07. The number of aromatic nitrogens is 3. The van der Waals surface area contributed by atoms with Crippen molar-refractivity contribution in [3.63, 3.8) is 0 Å². The highest BCUT2D eigenvalue weighted by Gasteiger charge is 2.36. The van der Waals surface area contributed by atoms with Gasteiger partial charge in [-0.25, -0.2) is 13.4 Å². The summed E-state index contributed by atoms with van der Waals surface area (Å²) in [5, 5.41) is 5.12. The zero-order valence-corrected chi connectivity index (χ0v) is 15.3. The molecule has 3 rings (SSSR count). The van der Waals surface area contributed by atoms with Gasteiger partial charge in [0.05, 0.1) is 34.9 Å². The monoisotopic (exact) mass is 368 g/mol. The fraction of sp³-hybridized carbons (Fsp3) is 0.533. The second kappa shape index (κ2) is 6.64. The van der Waals surface area contributed by atoms with Crippen molar-refractivity contribution in [2.24, 2.45) is 0 Å². The molecular weight excluding hydrogens is 348 g/mol. The third kappa shape index (κ3) is 3.36. The van der Waals surface area contributed by atoms with Gasteiger partial charge in [0.2, 0.25) is 0 Å². The van der Waals surface area contributed by atoms with Crippen LogP contribution in [0.15, 0.2) is 18.6 Å². The molecule has 1 amide bonds. The molecule has 1 aliphatic rings. The van der Waals surface area contributed by atoms with Gasteiger partial charge in [-0.1, -0.05) is 6.92 Å². The number of sulfone groups is 1. The topological polar surface area (TPSA) is 85.2 Å². The smallest absolute Gasteiger partial charge is 0.266 e. The molecule has 3 heterocycles. The summed E-state index contributed by atoms with van der Waals surface area (Å²) < 4.78 is 25.9. The Labute approximate surface area is 145 Å². The maximum atomic E-state index is 12.9. The van der Waals surface area contributed by atoms with Crippen LogP contribution in [0.1, 0.15) is 40.1 Å². The molecule has 0 aliphatic carbocycles. The quantitative estimate of drug-likeness (QED) is 0.817. The molecule has 1 unspecified atom stereocenters. The van der Waals surface area contributed by atoms with E-state index >= 15 is 0 Å². The third-order valence-electron chi connectivity index (χ3n) is 4.12. The summed E-state index contributed by atoms with van der Waals surface area (Å²) in [7, 11) is -3.17. The first kappa shape index (κ1) is 17.1. The van der Waals surface area contributed by atoms with Crippen molar-refractivity contribution in [2.75, 3.05) is 18.1 Å². The minimum Gasteiger partial charge on any atom is -0.329 e. The van der Waals surface area contributed by atoms with Gasteiger partial charge in [-0.05, 0) is 13.3 Å². The van der Waals surface area contributed by atoms with Gasteiger partial charge >= 0.3 is 0 Å². The summed E-state index contributed by atoms with van der Waals surface area (Å²) in [6.07, 6.45) is 5.83. The van der Waals surface area contributed by atoms with Crippen LogP contribution in [0.3, 0.4) is 0 Å². The number of carbonyl (C=O) groups is 1. The lowest BCUT2D eigenvalue weighted by Crippen LogP contribution is -2.45. The molecule has 24 heavy (non-hydrogen) atoms. The molecule has 130 valence electrons. The summed E-state index contributed by atoms with van der Waals surface area (Å²) in [4.78, 5) is 19.3. The van der Waals surface area contributed by atoms with E-state index in [1.54, 1.807) is 22.0 Å². The van der Waals surface area contributed by atoms with Crippen LogP contribution in [0.25, 0.3) is 0 Å². The molecule has 0 N–H and O–H groups in total. The highest BCUT2D eigenvalue weighted by Crippen LogP contribution is 2.29. The van der Waals surface area contributed by atoms with Crippen LogP contribution < -0.4 is 0 Å². The van der Waals surface area contributed by atoms with Gasteiger partial charge < -0.3 is 4.90 Å². The van der Waals surface area contributed by atoms with Crippen molar-refractivity contribution in [1.82, 2.24) is 19.7 Å².